The van der Waals surface area contributed by atoms with Gasteiger partial charge >= 0.3 is 0 Å². The normalized spacial score (nSPS) is 25.6. The lowest BCUT2D eigenvalue weighted by atomic mass is 9.57. The average molecular weight is 581 g/mol. The van der Waals surface area contributed by atoms with Crippen LogP contribution < -0.4 is 9.47 Å². The minimum Gasteiger partial charge on any atom is -0.507 e. The number of ether oxygens (including phenoxy) is 2. The van der Waals surface area contributed by atoms with Crippen LogP contribution in [0.3, 0.4) is 0 Å². The van der Waals surface area contributed by atoms with E-state index in [0.717, 1.165) is 29.5 Å². The number of phenolic OH excluding ortho intramolecular Hbond substituents is 2. The Bertz CT molecular complexity index is 1330. The molecule has 5 N–H and O–H groups in total. The number of rotatable bonds is 9. The molecule has 42 heavy (non-hydrogen) atoms. The third-order valence-corrected chi connectivity index (χ3v) is 9.22. The molecule has 2 aromatic carbocycles. The van der Waals surface area contributed by atoms with Crippen molar-refractivity contribution in [2.24, 2.45) is 11.3 Å². The Morgan fingerprint density at radius 1 is 1.05 bits per heavy atom. The van der Waals surface area contributed by atoms with Gasteiger partial charge in [0.2, 0.25) is 0 Å². The highest BCUT2D eigenvalue weighted by Crippen LogP contribution is 2.55. The maximum Gasteiger partial charge on any atom is 0.165 e. The molecule has 0 spiro atoms. The number of hydrogen-bond acceptors (Lipinski definition) is 7. The van der Waals surface area contributed by atoms with Crippen LogP contribution in [-0.4, -0.2) is 56.1 Å². The zero-order chi connectivity index (χ0) is 31.0. The number of hydrogen-bond donors (Lipinski definition) is 5. The van der Waals surface area contributed by atoms with Crippen LogP contribution in [0.2, 0.25) is 0 Å². The van der Waals surface area contributed by atoms with Crippen LogP contribution in [0.5, 0.6) is 23.0 Å². The molecule has 1 heterocycles. The smallest absolute Gasteiger partial charge is 0.165 e. The molecular weight excluding hydrogens is 532 g/mol. The van der Waals surface area contributed by atoms with E-state index >= 15 is 0 Å². The Kier molecular flexibility index (Phi) is 9.08. The summed E-state index contributed by atoms with van der Waals surface area (Å²) in [5.41, 5.74) is 2.26. The highest BCUT2D eigenvalue weighted by molar-refractivity contribution is 5.73. The summed E-state index contributed by atoms with van der Waals surface area (Å²) in [6, 6.07) is 7.22. The number of methoxy groups -OCH3 is 1. The third-order valence-electron chi connectivity index (χ3n) is 9.22. The topological polar surface area (TPSA) is 120 Å². The van der Waals surface area contributed by atoms with Gasteiger partial charge in [0, 0.05) is 23.3 Å². The van der Waals surface area contributed by atoms with E-state index in [0.29, 0.717) is 48.3 Å². The van der Waals surface area contributed by atoms with E-state index in [1.54, 1.807) is 33.1 Å². The van der Waals surface area contributed by atoms with Gasteiger partial charge in [-0.3, -0.25) is 0 Å². The zero-order valence-electron chi connectivity index (χ0n) is 26.1. The van der Waals surface area contributed by atoms with Gasteiger partial charge < -0.3 is 35.0 Å². The molecule has 1 aliphatic carbocycles. The van der Waals surface area contributed by atoms with Gasteiger partial charge in [0.15, 0.2) is 11.5 Å². The van der Waals surface area contributed by atoms with Crippen molar-refractivity contribution >= 4 is 12.2 Å². The molecule has 2 aliphatic rings. The van der Waals surface area contributed by atoms with Crippen molar-refractivity contribution in [2.75, 3.05) is 7.11 Å². The Morgan fingerprint density at radius 3 is 2.26 bits per heavy atom. The van der Waals surface area contributed by atoms with Crippen molar-refractivity contribution in [3.05, 3.63) is 58.2 Å². The molecule has 230 valence electrons. The number of aliphatic hydroxyl groups is 3. The molecule has 1 fully saturated rings. The molecular formula is C35H48O7. The van der Waals surface area contributed by atoms with Crippen LogP contribution in [0, 0.1) is 11.3 Å². The van der Waals surface area contributed by atoms with Crippen LogP contribution >= 0.6 is 0 Å². The van der Waals surface area contributed by atoms with E-state index in [4.69, 9.17) is 9.47 Å². The van der Waals surface area contributed by atoms with Gasteiger partial charge in [0.25, 0.3) is 0 Å². The second-order valence-corrected chi connectivity index (χ2v) is 13.7. The fourth-order valence-corrected chi connectivity index (χ4v) is 6.74. The number of fused-ring (bicyclic) bond motifs is 2. The minimum absolute atomic E-state index is 0.0134. The molecule has 1 aliphatic heterocycles. The number of allylic oxidation sites excluding steroid dienone is 2. The molecule has 2 aromatic rings. The lowest BCUT2D eigenvalue weighted by Crippen LogP contribution is -2.63. The zero-order valence-corrected chi connectivity index (χ0v) is 26.1. The summed E-state index contributed by atoms with van der Waals surface area (Å²) in [5.74, 6) is 1.31. The molecule has 1 saturated carbocycles. The second kappa shape index (κ2) is 11.9. The summed E-state index contributed by atoms with van der Waals surface area (Å²) in [5, 5.41) is 52.6. The van der Waals surface area contributed by atoms with Crippen molar-refractivity contribution in [3.63, 3.8) is 0 Å². The summed E-state index contributed by atoms with van der Waals surface area (Å²) in [6.45, 7) is 11.6. The van der Waals surface area contributed by atoms with Crippen LogP contribution in [-0.2, 0) is 12.8 Å². The fraction of sp³-hybridized carbons (Fsp3) is 0.543. The Morgan fingerprint density at radius 2 is 1.67 bits per heavy atom. The maximum atomic E-state index is 10.8. The van der Waals surface area contributed by atoms with Gasteiger partial charge in [-0.25, -0.2) is 0 Å². The first-order chi connectivity index (χ1) is 19.5. The average Bonchev–Trinajstić information content (AvgIpc) is 2.88. The maximum absolute atomic E-state index is 10.8. The van der Waals surface area contributed by atoms with Gasteiger partial charge in [0.05, 0.1) is 24.9 Å². The molecule has 0 unspecified atom stereocenters. The lowest BCUT2D eigenvalue weighted by molar-refractivity contribution is -0.187. The largest absolute Gasteiger partial charge is 0.507 e. The van der Waals surface area contributed by atoms with Crippen LogP contribution in [0.15, 0.2) is 35.9 Å². The summed E-state index contributed by atoms with van der Waals surface area (Å²) < 4.78 is 12.2. The summed E-state index contributed by atoms with van der Waals surface area (Å²) >= 11 is 0. The predicted molar refractivity (Wildman–Crippen MR) is 166 cm³/mol. The van der Waals surface area contributed by atoms with E-state index in [9.17, 15) is 25.5 Å². The third kappa shape index (κ3) is 6.80. The van der Waals surface area contributed by atoms with Gasteiger partial charge in [-0.05, 0) is 101 Å². The fourth-order valence-electron chi connectivity index (χ4n) is 6.74. The first-order valence-electron chi connectivity index (χ1n) is 14.9. The first kappa shape index (κ1) is 31.9. The monoisotopic (exact) mass is 580 g/mol. The molecule has 4 rings (SSSR count). The van der Waals surface area contributed by atoms with Crippen molar-refractivity contribution < 1.29 is 35.0 Å². The van der Waals surface area contributed by atoms with Crippen LogP contribution in [0.1, 0.15) is 89.5 Å². The number of benzene rings is 2. The molecule has 4 atom stereocenters. The van der Waals surface area contributed by atoms with E-state index < -0.39 is 28.8 Å². The van der Waals surface area contributed by atoms with Crippen molar-refractivity contribution in [1.29, 1.82) is 0 Å². The SMILES string of the molecule is COc1cc(/C=C/c2cc(O)c(C/C=C(\C)CCCC(C)(C)O)c(O)c2)cc2c1O[C@]1(C)C[C@@H](O)[C@@H](O)C(C)(C)[C@H]1C2. The number of phenols is 2. The van der Waals surface area contributed by atoms with E-state index in [2.05, 4.69) is 0 Å². The summed E-state index contributed by atoms with van der Waals surface area (Å²) in [7, 11) is 1.60. The highest BCUT2D eigenvalue weighted by atomic mass is 16.5. The molecule has 7 nitrogen and oxygen atoms in total. The Balaban J connectivity index is 1.53. The van der Waals surface area contributed by atoms with Gasteiger partial charge in [0.1, 0.15) is 17.1 Å². The van der Waals surface area contributed by atoms with Crippen LogP contribution in [0.25, 0.3) is 12.2 Å². The van der Waals surface area contributed by atoms with Gasteiger partial charge in [-0.1, -0.05) is 37.6 Å². The molecule has 0 radical (unpaired) electrons. The molecule has 0 amide bonds. The van der Waals surface area contributed by atoms with E-state index in [1.165, 1.54) is 0 Å². The quantitative estimate of drug-likeness (QED) is 0.178. The Labute approximate surface area is 250 Å². The highest BCUT2D eigenvalue weighted by Gasteiger charge is 2.58. The number of aliphatic hydroxyl groups excluding tert-OH is 2. The molecule has 0 aromatic heterocycles. The molecule has 7 heteroatoms. The molecule has 0 bridgehead atoms. The van der Waals surface area contributed by atoms with Gasteiger partial charge in [-0.15, -0.1) is 0 Å². The van der Waals surface area contributed by atoms with Crippen molar-refractivity contribution in [3.8, 4) is 23.0 Å². The van der Waals surface area contributed by atoms with Gasteiger partial charge in [-0.2, -0.15) is 0 Å². The minimum atomic E-state index is -0.861. The van der Waals surface area contributed by atoms with Crippen LogP contribution in [0.4, 0.5) is 0 Å². The predicted octanol–water partition coefficient (Wildman–Crippen LogP) is 6.17. The second-order valence-electron chi connectivity index (χ2n) is 13.7. The van der Waals surface area contributed by atoms with E-state index in [-0.39, 0.29) is 17.4 Å². The number of aromatic hydroxyl groups is 2. The van der Waals surface area contributed by atoms with E-state index in [1.807, 2.05) is 58.1 Å². The summed E-state index contributed by atoms with van der Waals surface area (Å²) in [6.07, 6.45) is 7.90. The van der Waals surface area contributed by atoms with Crippen molar-refractivity contribution in [2.45, 2.75) is 103 Å². The Hall–Kier alpha value is -3.00. The molecule has 0 saturated heterocycles. The van der Waals surface area contributed by atoms with Crippen molar-refractivity contribution in [1.82, 2.24) is 0 Å². The first-order valence-corrected chi connectivity index (χ1v) is 14.9. The standard InChI is InChI=1S/C35H48O7/c1-21(9-8-14-33(2,3)40)10-13-25-26(36)16-23(17-27(25)37)12-11-22-15-24-19-30-34(4,5)32(39)28(38)20-35(30,6)42-31(24)29(18-22)41-7/h10-12,15-18,28,30,32,36-40H,8-9,13-14,19-20H2,1-7H3/b12-11+,21-10+/t28-,30-,32-,35-/m1/s1. The lowest BCUT2D eigenvalue weighted by Gasteiger charge is -2.56. The summed E-state index contributed by atoms with van der Waals surface area (Å²) in [4.78, 5) is 0.